The van der Waals surface area contributed by atoms with Crippen LogP contribution >= 0.6 is 22.6 Å². The average Bonchev–Trinajstić information content (AvgIpc) is 2.09. The van der Waals surface area contributed by atoms with Crippen LogP contribution in [0.4, 0.5) is 0 Å². The number of hydrogen-bond acceptors (Lipinski definition) is 1. The van der Waals surface area contributed by atoms with Crippen molar-refractivity contribution in [1.82, 2.24) is 4.98 Å². The molecular weight excluding hydrogens is 241 g/mol. The van der Waals surface area contributed by atoms with E-state index in [1.54, 1.807) is 0 Å². The Morgan fingerprint density at radius 3 is 2.30 bits per heavy atom. The summed E-state index contributed by atoms with van der Waals surface area (Å²) in [6, 6.07) is 0. The Morgan fingerprint density at radius 1 is 1.50 bits per heavy atom. The molecule has 0 bridgehead atoms. The van der Waals surface area contributed by atoms with Crippen LogP contribution in [0.2, 0.25) is 0 Å². The summed E-state index contributed by atoms with van der Waals surface area (Å²) in [5.41, 5.74) is 2.80. The van der Waals surface area contributed by atoms with Gasteiger partial charge in [-0.25, -0.2) is 0 Å². The smallest absolute Gasteiger partial charge is 0.152 e. The Kier molecular flexibility index (Phi) is 2.13. The topological polar surface area (TPSA) is 32.9 Å². The fourth-order valence-corrected chi connectivity index (χ4v) is 1.60. The van der Waals surface area contributed by atoms with E-state index < -0.39 is 0 Å². The summed E-state index contributed by atoms with van der Waals surface area (Å²) in [5.74, 6) is 0. The third-order valence-electron chi connectivity index (χ3n) is 1.55. The van der Waals surface area contributed by atoms with Crippen molar-refractivity contribution >= 4 is 28.9 Å². The van der Waals surface area contributed by atoms with Crippen molar-refractivity contribution in [2.24, 2.45) is 0 Å². The number of carbonyl (C=O) groups is 1. The molecule has 0 spiro atoms. The second-order valence-electron chi connectivity index (χ2n) is 2.22. The van der Waals surface area contributed by atoms with Crippen molar-refractivity contribution in [1.29, 1.82) is 0 Å². The highest BCUT2D eigenvalue weighted by Gasteiger charge is 2.06. The minimum atomic E-state index is 0.796. The van der Waals surface area contributed by atoms with Gasteiger partial charge < -0.3 is 4.98 Å². The van der Waals surface area contributed by atoms with Gasteiger partial charge in [0, 0.05) is 11.3 Å². The van der Waals surface area contributed by atoms with E-state index in [-0.39, 0.29) is 0 Å². The maximum absolute atomic E-state index is 10.4. The molecule has 0 aromatic carbocycles. The van der Waals surface area contributed by atoms with Crippen molar-refractivity contribution in [2.75, 3.05) is 0 Å². The molecule has 10 heavy (non-hydrogen) atoms. The van der Waals surface area contributed by atoms with E-state index in [1.807, 2.05) is 13.8 Å². The highest BCUT2D eigenvalue weighted by molar-refractivity contribution is 14.1. The largest absolute Gasteiger partial charge is 0.353 e. The van der Waals surface area contributed by atoms with Crippen LogP contribution in [0.15, 0.2) is 0 Å². The molecule has 0 unspecified atom stereocenters. The SMILES string of the molecule is Cc1[nH]c(I)c(C)c1C=O. The molecule has 0 aliphatic carbocycles. The third-order valence-corrected chi connectivity index (χ3v) is 2.63. The number of H-pyrrole nitrogens is 1. The van der Waals surface area contributed by atoms with Gasteiger partial charge in [-0.2, -0.15) is 0 Å². The first-order valence-electron chi connectivity index (χ1n) is 2.96. The standard InChI is InChI=1S/C7H8INO/c1-4-6(3-10)5(2)9-7(4)8/h3,9H,1-2H3. The summed E-state index contributed by atoms with van der Waals surface area (Å²) < 4.78 is 1.05. The number of aromatic nitrogens is 1. The predicted molar refractivity (Wildman–Crippen MR) is 48.4 cm³/mol. The summed E-state index contributed by atoms with van der Waals surface area (Å²) in [4.78, 5) is 13.5. The van der Waals surface area contributed by atoms with E-state index >= 15 is 0 Å². The zero-order chi connectivity index (χ0) is 7.72. The Balaban J connectivity index is 3.33. The quantitative estimate of drug-likeness (QED) is 0.599. The number of carbonyl (C=O) groups excluding carboxylic acids is 1. The molecule has 1 heterocycles. The van der Waals surface area contributed by atoms with Crippen LogP contribution in [0.5, 0.6) is 0 Å². The zero-order valence-electron chi connectivity index (χ0n) is 5.86. The van der Waals surface area contributed by atoms with Crippen molar-refractivity contribution in [3.63, 3.8) is 0 Å². The van der Waals surface area contributed by atoms with Gasteiger partial charge in [-0.15, -0.1) is 0 Å². The molecule has 54 valence electrons. The first kappa shape index (κ1) is 7.78. The Labute approximate surface area is 73.2 Å². The summed E-state index contributed by atoms with van der Waals surface area (Å²) in [6.07, 6.45) is 0.892. The second-order valence-corrected chi connectivity index (χ2v) is 3.30. The van der Waals surface area contributed by atoms with E-state index in [0.717, 1.165) is 26.8 Å². The van der Waals surface area contributed by atoms with E-state index in [1.165, 1.54) is 0 Å². The molecule has 1 rings (SSSR count). The molecule has 0 atom stereocenters. The van der Waals surface area contributed by atoms with E-state index in [4.69, 9.17) is 0 Å². The minimum absolute atomic E-state index is 0.796. The molecule has 0 radical (unpaired) electrons. The van der Waals surface area contributed by atoms with Gasteiger partial charge in [0.25, 0.3) is 0 Å². The van der Waals surface area contributed by atoms with Crippen LogP contribution in [0.25, 0.3) is 0 Å². The molecule has 0 aliphatic rings. The maximum atomic E-state index is 10.4. The summed E-state index contributed by atoms with van der Waals surface area (Å²) in [6.45, 7) is 3.84. The predicted octanol–water partition coefficient (Wildman–Crippen LogP) is 2.05. The Bertz CT molecular complexity index is 265. The third kappa shape index (κ3) is 1.10. The van der Waals surface area contributed by atoms with Crippen LogP contribution in [-0.2, 0) is 0 Å². The van der Waals surface area contributed by atoms with Crippen LogP contribution in [0.3, 0.4) is 0 Å². The van der Waals surface area contributed by atoms with Crippen molar-refractivity contribution in [3.05, 3.63) is 20.5 Å². The average molecular weight is 249 g/mol. The Morgan fingerprint density at radius 2 is 2.10 bits per heavy atom. The van der Waals surface area contributed by atoms with Crippen molar-refractivity contribution in [3.8, 4) is 0 Å². The molecule has 1 aromatic rings. The molecule has 3 heteroatoms. The number of aryl methyl sites for hydroxylation is 1. The highest BCUT2D eigenvalue weighted by Crippen LogP contribution is 2.16. The molecule has 0 aliphatic heterocycles. The zero-order valence-corrected chi connectivity index (χ0v) is 8.02. The van der Waals surface area contributed by atoms with Crippen LogP contribution < -0.4 is 0 Å². The first-order chi connectivity index (χ1) is 4.66. The summed E-state index contributed by atoms with van der Waals surface area (Å²) >= 11 is 2.18. The molecule has 0 saturated carbocycles. The molecule has 1 aromatic heterocycles. The lowest BCUT2D eigenvalue weighted by atomic mass is 10.2. The molecule has 0 fully saturated rings. The lowest BCUT2D eigenvalue weighted by Crippen LogP contribution is -1.82. The molecule has 0 amide bonds. The van der Waals surface area contributed by atoms with E-state index in [0.29, 0.717) is 0 Å². The minimum Gasteiger partial charge on any atom is -0.353 e. The maximum Gasteiger partial charge on any atom is 0.152 e. The van der Waals surface area contributed by atoms with Gasteiger partial charge in [0.1, 0.15) is 0 Å². The lowest BCUT2D eigenvalue weighted by Gasteiger charge is -1.86. The van der Waals surface area contributed by atoms with Crippen molar-refractivity contribution in [2.45, 2.75) is 13.8 Å². The number of halogens is 1. The first-order valence-corrected chi connectivity index (χ1v) is 4.04. The molecular formula is C7H8INO. The Hall–Kier alpha value is -0.320. The molecule has 2 nitrogen and oxygen atoms in total. The van der Waals surface area contributed by atoms with Gasteiger partial charge in [0.05, 0.1) is 3.70 Å². The highest BCUT2D eigenvalue weighted by atomic mass is 127. The summed E-state index contributed by atoms with van der Waals surface area (Å²) in [5, 5.41) is 0. The van der Waals surface area contributed by atoms with Gasteiger partial charge >= 0.3 is 0 Å². The second kappa shape index (κ2) is 2.74. The van der Waals surface area contributed by atoms with Crippen LogP contribution in [0.1, 0.15) is 21.6 Å². The molecule has 1 N–H and O–H groups in total. The number of nitrogens with one attached hydrogen (secondary N) is 1. The van der Waals surface area contributed by atoms with Crippen LogP contribution in [-0.4, -0.2) is 11.3 Å². The fraction of sp³-hybridized carbons (Fsp3) is 0.286. The number of aldehydes is 1. The normalized spacial score (nSPS) is 9.90. The monoisotopic (exact) mass is 249 g/mol. The number of aromatic amines is 1. The van der Waals surface area contributed by atoms with E-state index in [2.05, 4.69) is 27.6 Å². The van der Waals surface area contributed by atoms with Gasteiger partial charge in [-0.05, 0) is 42.0 Å². The number of rotatable bonds is 1. The van der Waals surface area contributed by atoms with E-state index in [9.17, 15) is 4.79 Å². The van der Waals surface area contributed by atoms with Crippen molar-refractivity contribution < 1.29 is 4.79 Å². The lowest BCUT2D eigenvalue weighted by molar-refractivity contribution is 0.112. The number of hydrogen-bond donors (Lipinski definition) is 1. The van der Waals surface area contributed by atoms with Gasteiger partial charge in [-0.1, -0.05) is 0 Å². The van der Waals surface area contributed by atoms with Crippen LogP contribution in [0, 0.1) is 17.5 Å². The summed E-state index contributed by atoms with van der Waals surface area (Å²) in [7, 11) is 0. The van der Waals surface area contributed by atoms with Gasteiger partial charge in [0.15, 0.2) is 6.29 Å². The fourth-order valence-electron chi connectivity index (χ4n) is 0.902. The van der Waals surface area contributed by atoms with Gasteiger partial charge in [-0.3, -0.25) is 4.79 Å². The molecule has 0 saturated heterocycles. The van der Waals surface area contributed by atoms with Gasteiger partial charge in [0.2, 0.25) is 0 Å².